The fraction of sp³-hybridized carbons (Fsp3) is 0.385. The van der Waals surface area contributed by atoms with Crippen molar-refractivity contribution in [3.05, 3.63) is 39.4 Å². The lowest BCUT2D eigenvalue weighted by atomic mass is 10.0. The van der Waals surface area contributed by atoms with E-state index in [0.29, 0.717) is 18.5 Å². The molecule has 1 aliphatic rings. The summed E-state index contributed by atoms with van der Waals surface area (Å²) in [6.45, 7) is 0.727. The summed E-state index contributed by atoms with van der Waals surface area (Å²) >= 11 is 0. The molecule has 0 saturated carbocycles. The molecule has 1 atom stereocenters. The van der Waals surface area contributed by atoms with Gasteiger partial charge in [-0.15, -0.1) is 0 Å². The predicted octanol–water partition coefficient (Wildman–Crippen LogP) is 0.613. The molecule has 2 rings (SSSR count). The zero-order chi connectivity index (χ0) is 15.6. The zero-order valence-corrected chi connectivity index (χ0v) is 11.4. The van der Waals surface area contributed by atoms with Crippen LogP contribution in [0.15, 0.2) is 18.2 Å². The Labute approximate surface area is 120 Å². The lowest BCUT2D eigenvalue weighted by Crippen LogP contribution is -2.36. The highest BCUT2D eigenvalue weighted by molar-refractivity contribution is 5.94. The topological polar surface area (TPSA) is 113 Å². The van der Waals surface area contributed by atoms with Crippen LogP contribution >= 0.6 is 0 Å². The molecule has 1 fully saturated rings. The Bertz CT molecular complexity index is 601. The number of rotatable bonds is 5. The van der Waals surface area contributed by atoms with Gasteiger partial charge in [-0.25, -0.2) is 4.79 Å². The quantitative estimate of drug-likeness (QED) is 0.607. The summed E-state index contributed by atoms with van der Waals surface area (Å²) in [5.74, 6) is -1.41. The number of nitro benzene ring substituents is 1. The molecular weight excluding hydrogens is 278 g/mol. The molecule has 1 aromatic rings. The highest BCUT2D eigenvalue weighted by Crippen LogP contribution is 2.22. The van der Waals surface area contributed by atoms with Gasteiger partial charge in [0.05, 0.1) is 11.0 Å². The van der Waals surface area contributed by atoms with E-state index in [4.69, 9.17) is 0 Å². The van der Waals surface area contributed by atoms with Crippen molar-refractivity contribution in [2.75, 3.05) is 13.6 Å². The van der Waals surface area contributed by atoms with Crippen LogP contribution in [0.25, 0.3) is 0 Å². The van der Waals surface area contributed by atoms with Crippen LogP contribution < -0.4 is 5.32 Å². The Balaban J connectivity index is 2.20. The van der Waals surface area contributed by atoms with E-state index in [2.05, 4.69) is 5.32 Å². The highest BCUT2D eigenvalue weighted by atomic mass is 16.6. The summed E-state index contributed by atoms with van der Waals surface area (Å²) in [6, 6.07) is 3.72. The summed E-state index contributed by atoms with van der Waals surface area (Å²) in [6.07, 6.45) is 0.632. The van der Waals surface area contributed by atoms with Gasteiger partial charge in [0.15, 0.2) is 0 Å². The number of hydrogen-bond donors (Lipinski definition) is 2. The molecule has 0 spiro atoms. The van der Waals surface area contributed by atoms with Crippen LogP contribution in [0.3, 0.4) is 0 Å². The fourth-order valence-corrected chi connectivity index (χ4v) is 2.38. The first-order chi connectivity index (χ1) is 9.91. The molecule has 0 aromatic heterocycles. The Kier molecular flexibility index (Phi) is 4.18. The van der Waals surface area contributed by atoms with Gasteiger partial charge < -0.3 is 15.3 Å². The third kappa shape index (κ3) is 3.00. The van der Waals surface area contributed by atoms with E-state index in [-0.39, 0.29) is 24.1 Å². The first kappa shape index (κ1) is 14.9. The van der Waals surface area contributed by atoms with Crippen molar-refractivity contribution < 1.29 is 19.6 Å². The van der Waals surface area contributed by atoms with E-state index in [0.717, 1.165) is 6.07 Å². The standard InChI is InChI=1S/C13H15N3O5/c1-15-6-5-9(12(15)17)14-7-8-3-2-4-10(16(20)21)11(8)13(18)19/h2-4,9,14H,5-7H2,1H3,(H,18,19). The van der Waals surface area contributed by atoms with E-state index < -0.39 is 16.6 Å². The van der Waals surface area contributed by atoms with Crippen LogP contribution in [0.5, 0.6) is 0 Å². The number of amides is 1. The molecule has 0 radical (unpaired) electrons. The first-order valence-electron chi connectivity index (χ1n) is 6.39. The third-order valence-corrected chi connectivity index (χ3v) is 3.51. The molecule has 1 heterocycles. The average molecular weight is 293 g/mol. The molecule has 21 heavy (non-hydrogen) atoms. The summed E-state index contributed by atoms with van der Waals surface area (Å²) in [5.41, 5.74) is -0.496. The number of hydrogen-bond acceptors (Lipinski definition) is 5. The van der Waals surface area contributed by atoms with E-state index in [1.165, 1.54) is 12.1 Å². The molecule has 1 aromatic carbocycles. The van der Waals surface area contributed by atoms with Crippen LogP contribution in [-0.2, 0) is 11.3 Å². The van der Waals surface area contributed by atoms with Crippen molar-refractivity contribution in [3.8, 4) is 0 Å². The van der Waals surface area contributed by atoms with Gasteiger partial charge in [-0.2, -0.15) is 0 Å². The number of carbonyl (C=O) groups excluding carboxylic acids is 1. The largest absolute Gasteiger partial charge is 0.477 e. The Morgan fingerprint density at radius 2 is 2.29 bits per heavy atom. The second-order valence-corrected chi connectivity index (χ2v) is 4.86. The molecule has 0 aliphatic carbocycles. The summed E-state index contributed by atoms with van der Waals surface area (Å²) in [7, 11) is 1.69. The van der Waals surface area contributed by atoms with Crippen molar-refractivity contribution in [1.82, 2.24) is 10.2 Å². The molecule has 1 amide bonds. The number of carboxylic acids is 1. The number of carbonyl (C=O) groups is 2. The molecule has 2 N–H and O–H groups in total. The molecule has 0 bridgehead atoms. The molecule has 1 unspecified atom stereocenters. The average Bonchev–Trinajstić information content (AvgIpc) is 2.75. The number of carboxylic acid groups (broad SMARTS) is 1. The van der Waals surface area contributed by atoms with Gasteiger partial charge in [-0.05, 0) is 12.0 Å². The van der Waals surface area contributed by atoms with Crippen LogP contribution in [0.4, 0.5) is 5.69 Å². The molecule has 8 nitrogen and oxygen atoms in total. The lowest BCUT2D eigenvalue weighted by Gasteiger charge is -2.13. The molecular formula is C13H15N3O5. The normalized spacial score (nSPS) is 18.0. The molecule has 1 aliphatic heterocycles. The minimum Gasteiger partial charge on any atom is -0.477 e. The summed E-state index contributed by atoms with van der Waals surface area (Å²) < 4.78 is 0. The maximum absolute atomic E-state index is 11.8. The van der Waals surface area contributed by atoms with Crippen LogP contribution in [-0.4, -0.2) is 46.4 Å². The number of benzene rings is 1. The first-order valence-corrected chi connectivity index (χ1v) is 6.39. The number of likely N-dealkylation sites (tertiary alicyclic amines) is 1. The minimum absolute atomic E-state index is 0.0581. The number of nitrogens with one attached hydrogen (secondary N) is 1. The van der Waals surface area contributed by atoms with Crippen molar-refractivity contribution in [3.63, 3.8) is 0 Å². The smallest absolute Gasteiger partial charge is 0.343 e. The summed E-state index contributed by atoms with van der Waals surface area (Å²) in [5, 5.41) is 23.0. The van der Waals surface area contributed by atoms with Gasteiger partial charge >= 0.3 is 5.97 Å². The van der Waals surface area contributed by atoms with E-state index >= 15 is 0 Å². The zero-order valence-electron chi connectivity index (χ0n) is 11.4. The number of nitrogens with zero attached hydrogens (tertiary/aromatic N) is 2. The maximum Gasteiger partial charge on any atom is 0.343 e. The number of nitro groups is 1. The van der Waals surface area contributed by atoms with Gasteiger partial charge in [0.25, 0.3) is 5.69 Å². The van der Waals surface area contributed by atoms with Crippen molar-refractivity contribution in [2.24, 2.45) is 0 Å². The van der Waals surface area contributed by atoms with E-state index in [9.17, 15) is 24.8 Å². The molecule has 8 heteroatoms. The van der Waals surface area contributed by atoms with Gasteiger partial charge in [-0.1, -0.05) is 12.1 Å². The maximum atomic E-state index is 11.8. The predicted molar refractivity (Wildman–Crippen MR) is 72.9 cm³/mol. The van der Waals surface area contributed by atoms with Crippen LogP contribution in [0, 0.1) is 10.1 Å². The third-order valence-electron chi connectivity index (χ3n) is 3.51. The monoisotopic (exact) mass is 293 g/mol. The Morgan fingerprint density at radius 3 is 2.81 bits per heavy atom. The number of aromatic carboxylic acids is 1. The second-order valence-electron chi connectivity index (χ2n) is 4.86. The Morgan fingerprint density at radius 1 is 1.57 bits per heavy atom. The SMILES string of the molecule is CN1CCC(NCc2cccc([N+](=O)[O-])c2C(=O)O)C1=O. The van der Waals surface area contributed by atoms with Crippen LogP contribution in [0.1, 0.15) is 22.3 Å². The summed E-state index contributed by atoms with van der Waals surface area (Å²) in [4.78, 5) is 34.8. The molecule has 112 valence electrons. The Hall–Kier alpha value is -2.48. The number of likely N-dealkylation sites (N-methyl/N-ethyl adjacent to an activating group) is 1. The van der Waals surface area contributed by atoms with Gasteiger partial charge in [-0.3, -0.25) is 14.9 Å². The van der Waals surface area contributed by atoms with Crippen molar-refractivity contribution >= 4 is 17.6 Å². The molecule has 1 saturated heterocycles. The van der Waals surface area contributed by atoms with Crippen LogP contribution in [0.2, 0.25) is 0 Å². The van der Waals surface area contributed by atoms with Gasteiger partial charge in [0.1, 0.15) is 5.56 Å². The van der Waals surface area contributed by atoms with Gasteiger partial charge in [0.2, 0.25) is 5.91 Å². The van der Waals surface area contributed by atoms with E-state index in [1.54, 1.807) is 11.9 Å². The van der Waals surface area contributed by atoms with E-state index in [1.807, 2.05) is 0 Å². The minimum atomic E-state index is -1.35. The van der Waals surface area contributed by atoms with Gasteiger partial charge in [0, 0.05) is 26.2 Å². The fourth-order valence-electron chi connectivity index (χ4n) is 2.38. The lowest BCUT2D eigenvalue weighted by molar-refractivity contribution is -0.385. The second kappa shape index (κ2) is 5.88. The van der Waals surface area contributed by atoms with Crippen molar-refractivity contribution in [2.45, 2.75) is 19.0 Å². The van der Waals surface area contributed by atoms with Crippen molar-refractivity contribution in [1.29, 1.82) is 0 Å². The highest BCUT2D eigenvalue weighted by Gasteiger charge is 2.29.